The summed E-state index contributed by atoms with van der Waals surface area (Å²) in [5.74, 6) is 0.167. The summed E-state index contributed by atoms with van der Waals surface area (Å²) in [5, 5.41) is 15.7. The molecule has 1 fully saturated rings. The number of aromatic nitrogens is 3. The van der Waals surface area contributed by atoms with Crippen LogP contribution in [0, 0.1) is 12.7 Å². The first-order valence-electron chi connectivity index (χ1n) is 17.5. The smallest absolute Gasteiger partial charge is 0.399 e. The van der Waals surface area contributed by atoms with Crippen molar-refractivity contribution in [3.63, 3.8) is 0 Å². The molecule has 0 aliphatic carbocycles. The largest absolute Gasteiger partial charge is 0.414 e. The predicted octanol–water partition coefficient (Wildman–Crippen LogP) is 6.39. The molecule has 11 heteroatoms. The summed E-state index contributed by atoms with van der Waals surface area (Å²) in [6.45, 7) is 5.26. The van der Waals surface area contributed by atoms with E-state index in [-0.39, 0.29) is 24.0 Å². The van der Waals surface area contributed by atoms with E-state index in [1.807, 2.05) is 67.6 Å². The first-order chi connectivity index (χ1) is 24.3. The Hall–Kier alpha value is -4.87. The number of aliphatic hydroxyl groups is 1. The number of ether oxygens (including phenoxy) is 1. The Balaban J connectivity index is 1.13. The maximum atomic E-state index is 13.9. The van der Waals surface area contributed by atoms with Gasteiger partial charge >= 0.3 is 6.09 Å². The van der Waals surface area contributed by atoms with Crippen molar-refractivity contribution in [1.29, 1.82) is 0 Å². The molecule has 3 aromatic carbocycles. The van der Waals surface area contributed by atoms with Crippen molar-refractivity contribution in [3.05, 3.63) is 129 Å². The lowest BCUT2D eigenvalue weighted by molar-refractivity contribution is -0.948. The number of carbonyl (C=O) groups excluding carboxylic acids is 1. The van der Waals surface area contributed by atoms with Crippen LogP contribution < -0.4 is 5.56 Å². The molecule has 10 nitrogen and oxygen atoms in total. The van der Waals surface area contributed by atoms with E-state index < -0.39 is 12.2 Å². The van der Waals surface area contributed by atoms with Crippen LogP contribution in [0.4, 0.5) is 9.18 Å². The third-order valence-corrected chi connectivity index (χ3v) is 10.4. The second kappa shape index (κ2) is 14.5. The van der Waals surface area contributed by atoms with Crippen molar-refractivity contribution in [1.82, 2.24) is 19.6 Å². The van der Waals surface area contributed by atoms with Crippen molar-refractivity contribution in [2.24, 2.45) is 0 Å². The third kappa shape index (κ3) is 7.20. The number of likely N-dealkylation sites (tertiary alicyclic amines) is 1. The van der Waals surface area contributed by atoms with Gasteiger partial charge in [0.1, 0.15) is 17.7 Å². The molecule has 5 aromatic rings. The van der Waals surface area contributed by atoms with Gasteiger partial charge in [-0.2, -0.15) is 0 Å². The number of fused-ring (bicyclic) bond motifs is 2. The zero-order chi connectivity index (χ0) is 34.7. The Kier molecular flexibility index (Phi) is 9.78. The van der Waals surface area contributed by atoms with Gasteiger partial charge in [0.25, 0.3) is 5.56 Å². The van der Waals surface area contributed by atoms with E-state index >= 15 is 0 Å². The minimum absolute atomic E-state index is 0.0931. The first kappa shape index (κ1) is 33.6. The van der Waals surface area contributed by atoms with E-state index in [1.54, 1.807) is 15.5 Å². The Morgan fingerprint density at radius 2 is 1.70 bits per heavy atom. The molecule has 0 saturated carbocycles. The summed E-state index contributed by atoms with van der Waals surface area (Å²) in [6, 6.07) is 24.2. The van der Waals surface area contributed by atoms with Crippen LogP contribution >= 0.6 is 0 Å². The second-order valence-electron chi connectivity index (χ2n) is 13.8. The maximum Gasteiger partial charge on any atom is 0.414 e. The number of amides is 1. The number of piperidine rings is 1. The number of nitrogens with zero attached hydrogens (tertiary/aromatic N) is 5. The number of halogens is 1. The molecule has 1 amide bonds. The van der Waals surface area contributed by atoms with Crippen molar-refractivity contribution >= 4 is 17.1 Å². The molecule has 1 atom stereocenters. The van der Waals surface area contributed by atoms with E-state index in [0.29, 0.717) is 79.3 Å². The quantitative estimate of drug-likeness (QED) is 0.170. The average molecular weight is 681 g/mol. The Labute approximate surface area is 290 Å². The highest BCUT2D eigenvalue weighted by molar-refractivity contribution is 5.79. The number of quaternary nitrogens is 1. The molecule has 1 saturated heterocycles. The van der Waals surface area contributed by atoms with Crippen LogP contribution in [-0.4, -0.2) is 61.7 Å². The lowest BCUT2D eigenvalue weighted by Crippen LogP contribution is -2.56. The molecular weight excluding hydrogens is 637 g/mol. The van der Waals surface area contributed by atoms with Crippen molar-refractivity contribution in [2.75, 3.05) is 26.4 Å². The molecule has 50 heavy (non-hydrogen) atoms. The number of aryl methyl sites for hydroxylation is 1. The molecule has 2 aromatic heterocycles. The Bertz CT molecular complexity index is 1970. The number of rotatable bonds is 10. The van der Waals surface area contributed by atoms with Gasteiger partial charge in [0, 0.05) is 67.5 Å². The highest BCUT2D eigenvalue weighted by atomic mass is 19.1. The average Bonchev–Trinajstić information content (AvgIpc) is 3.55. The van der Waals surface area contributed by atoms with Crippen LogP contribution in [0.3, 0.4) is 0 Å². The van der Waals surface area contributed by atoms with Crippen LogP contribution in [0.25, 0.3) is 11.0 Å². The van der Waals surface area contributed by atoms with Gasteiger partial charge in [-0.15, -0.1) is 0 Å². The fourth-order valence-corrected chi connectivity index (χ4v) is 7.51. The minimum atomic E-state index is -0.736. The molecular formula is C39H43FN5O5+. The van der Waals surface area contributed by atoms with Crippen LogP contribution in [-0.2, 0) is 30.8 Å². The molecule has 4 heterocycles. The molecule has 0 spiro atoms. The highest BCUT2D eigenvalue weighted by Gasteiger charge is 2.38. The lowest BCUT2D eigenvalue weighted by Gasteiger charge is -2.43. The second-order valence-corrected chi connectivity index (χ2v) is 13.8. The monoisotopic (exact) mass is 680 g/mol. The van der Waals surface area contributed by atoms with Crippen LogP contribution in [0.2, 0.25) is 0 Å². The SMILES string of the molecule is Cc1nc2n(c(=O)c1CC[N+]1(COC(=O)N(Cc3ccccc3)Cc3ccccc3)CCC(c3noc4cc(F)ccc34)CC1)CCCC2O. The van der Waals surface area contributed by atoms with Gasteiger partial charge in [-0.3, -0.25) is 18.7 Å². The Morgan fingerprint density at radius 3 is 2.38 bits per heavy atom. The predicted molar refractivity (Wildman–Crippen MR) is 185 cm³/mol. The van der Waals surface area contributed by atoms with Gasteiger partial charge in [-0.05, 0) is 43.0 Å². The molecule has 260 valence electrons. The summed E-state index contributed by atoms with van der Waals surface area (Å²) < 4.78 is 27.6. The lowest BCUT2D eigenvalue weighted by atomic mass is 9.90. The zero-order valence-corrected chi connectivity index (χ0v) is 28.3. The van der Waals surface area contributed by atoms with E-state index in [2.05, 4.69) is 10.1 Å². The zero-order valence-electron chi connectivity index (χ0n) is 28.3. The fourth-order valence-electron chi connectivity index (χ4n) is 7.51. The van der Waals surface area contributed by atoms with E-state index in [1.165, 1.54) is 12.1 Å². The van der Waals surface area contributed by atoms with Gasteiger partial charge in [0.2, 0.25) is 6.73 Å². The molecule has 0 bridgehead atoms. The summed E-state index contributed by atoms with van der Waals surface area (Å²) in [7, 11) is 0. The van der Waals surface area contributed by atoms with Gasteiger partial charge in [-0.1, -0.05) is 65.8 Å². The normalized spacial score (nSPS) is 20.4. The number of hydrogen-bond donors (Lipinski definition) is 1. The molecule has 7 rings (SSSR count). The maximum absolute atomic E-state index is 13.9. The van der Waals surface area contributed by atoms with E-state index in [9.17, 15) is 19.1 Å². The first-order valence-corrected chi connectivity index (χ1v) is 17.5. The van der Waals surface area contributed by atoms with Crippen molar-refractivity contribution in [3.8, 4) is 0 Å². The fraction of sp³-hybridized carbons (Fsp3) is 0.385. The van der Waals surface area contributed by atoms with Gasteiger partial charge in [-0.25, -0.2) is 14.2 Å². The molecule has 1 N–H and O–H groups in total. The van der Waals surface area contributed by atoms with Gasteiger partial charge in [0.05, 0.1) is 25.3 Å². The molecule has 2 aliphatic rings. The Morgan fingerprint density at radius 1 is 1.02 bits per heavy atom. The summed E-state index contributed by atoms with van der Waals surface area (Å²) >= 11 is 0. The summed E-state index contributed by atoms with van der Waals surface area (Å²) in [4.78, 5) is 34.0. The number of aliphatic hydroxyl groups excluding tert-OH is 1. The molecule has 1 unspecified atom stereocenters. The van der Waals surface area contributed by atoms with Crippen LogP contribution in [0.15, 0.2) is 88.2 Å². The standard InChI is InChI=1S/C39H43FN5O5/c1-27-32(38(47)44-19-8-13-34(46)37(44)41-27)18-22-45(20-16-30(17-21-45)36-33-15-14-31(40)23-35(33)50-42-36)26-49-39(48)43(24-28-9-4-2-5-10-28)25-29-11-6-3-7-12-29/h2-7,9-12,14-15,23,30,34,46H,8,13,16-22,24-26H2,1H3/q+1. The van der Waals surface area contributed by atoms with Crippen molar-refractivity contribution < 1.29 is 28.0 Å². The minimum Gasteiger partial charge on any atom is -0.399 e. The number of hydrogen-bond acceptors (Lipinski definition) is 7. The summed E-state index contributed by atoms with van der Waals surface area (Å²) in [6.07, 6.45) is 2.14. The molecule has 2 aliphatic heterocycles. The van der Waals surface area contributed by atoms with Crippen LogP contribution in [0.1, 0.15) is 71.6 Å². The highest BCUT2D eigenvalue weighted by Crippen LogP contribution is 2.35. The molecule has 0 radical (unpaired) electrons. The van der Waals surface area contributed by atoms with Crippen LogP contribution in [0.5, 0.6) is 0 Å². The van der Waals surface area contributed by atoms with Gasteiger partial charge < -0.3 is 14.4 Å². The third-order valence-electron chi connectivity index (χ3n) is 10.4. The van der Waals surface area contributed by atoms with E-state index in [0.717, 1.165) is 41.5 Å². The van der Waals surface area contributed by atoms with E-state index in [4.69, 9.17) is 9.26 Å². The topological polar surface area (TPSA) is 111 Å². The number of benzene rings is 3. The summed E-state index contributed by atoms with van der Waals surface area (Å²) in [5.41, 5.74) is 4.42. The number of carbonyl (C=O) groups is 1. The van der Waals surface area contributed by atoms with Crippen molar-refractivity contribution in [2.45, 2.75) is 70.7 Å². The van der Waals surface area contributed by atoms with Gasteiger partial charge in [0.15, 0.2) is 5.58 Å².